The van der Waals surface area contributed by atoms with Gasteiger partial charge in [0.1, 0.15) is 12.2 Å². The molecule has 110 valence electrons. The highest BCUT2D eigenvalue weighted by atomic mass is 28.4. The molecule has 0 aliphatic carbocycles. The summed E-state index contributed by atoms with van der Waals surface area (Å²) in [4.78, 5) is 22.9. The van der Waals surface area contributed by atoms with Crippen molar-refractivity contribution in [1.82, 2.24) is 0 Å². The molecule has 1 heterocycles. The summed E-state index contributed by atoms with van der Waals surface area (Å²) in [6, 6.07) is 0. The van der Waals surface area contributed by atoms with Crippen LogP contribution in [0.4, 0.5) is 0 Å². The Labute approximate surface area is 117 Å². The summed E-state index contributed by atoms with van der Waals surface area (Å²) in [6.07, 6.45) is -0.151. The molecular formula is C14H26O4Si. The molecule has 1 aliphatic rings. The van der Waals surface area contributed by atoms with E-state index in [1.165, 1.54) is 0 Å². The fourth-order valence-corrected chi connectivity index (χ4v) is 3.06. The Bertz CT molecular complexity index is 370. The molecule has 1 rings (SSSR count). The van der Waals surface area contributed by atoms with Crippen molar-refractivity contribution in [3.05, 3.63) is 0 Å². The van der Waals surface area contributed by atoms with Crippen molar-refractivity contribution in [2.75, 3.05) is 0 Å². The first-order chi connectivity index (χ1) is 8.45. The fraction of sp³-hybridized carbons (Fsp3) is 0.857. The number of ketones is 1. The predicted molar refractivity (Wildman–Crippen MR) is 76.4 cm³/mol. The van der Waals surface area contributed by atoms with Crippen LogP contribution in [0.15, 0.2) is 0 Å². The number of hydrogen-bond donors (Lipinski definition) is 0. The third kappa shape index (κ3) is 3.66. The molecule has 5 heteroatoms. The SMILES string of the molecule is CC(=O)[C@@H](C[C@H]1OC(=O)[C@@H]1C)O[Si](C)(C)C(C)(C)C. The van der Waals surface area contributed by atoms with Crippen LogP contribution in [-0.4, -0.2) is 32.3 Å². The summed E-state index contributed by atoms with van der Waals surface area (Å²) < 4.78 is 11.2. The summed E-state index contributed by atoms with van der Waals surface area (Å²) in [6.45, 7) is 14.1. The number of carbonyl (C=O) groups excluding carboxylic acids is 2. The second-order valence-corrected chi connectivity index (χ2v) is 11.7. The third-order valence-corrected chi connectivity index (χ3v) is 8.83. The van der Waals surface area contributed by atoms with Crippen molar-refractivity contribution in [1.29, 1.82) is 0 Å². The lowest BCUT2D eigenvalue weighted by Gasteiger charge is -2.41. The maximum absolute atomic E-state index is 11.8. The molecule has 0 unspecified atom stereocenters. The quantitative estimate of drug-likeness (QED) is 0.576. The minimum Gasteiger partial charge on any atom is -0.461 e. The average molecular weight is 286 g/mol. The Balaban J connectivity index is 2.69. The van der Waals surface area contributed by atoms with Gasteiger partial charge in [-0.05, 0) is 32.0 Å². The number of carbonyl (C=O) groups is 2. The predicted octanol–water partition coefficient (Wildman–Crippen LogP) is 2.92. The first-order valence-electron chi connectivity index (χ1n) is 6.84. The van der Waals surface area contributed by atoms with Crippen LogP contribution < -0.4 is 0 Å². The zero-order valence-electron chi connectivity index (χ0n) is 13.1. The Morgan fingerprint density at radius 1 is 1.42 bits per heavy atom. The summed E-state index contributed by atoms with van der Waals surface area (Å²) in [5.41, 5.74) is 0. The van der Waals surface area contributed by atoms with Crippen molar-refractivity contribution >= 4 is 20.1 Å². The van der Waals surface area contributed by atoms with E-state index in [1.807, 2.05) is 6.92 Å². The van der Waals surface area contributed by atoms with Gasteiger partial charge in [0.25, 0.3) is 0 Å². The standard InChI is InChI=1S/C14H26O4Si/c1-9-11(17-13(9)16)8-12(10(2)15)18-19(6,7)14(3,4)5/h9,11-12H,8H2,1-7H3/t9-,11-,12-/m1/s1. The minimum atomic E-state index is -1.99. The molecule has 19 heavy (non-hydrogen) atoms. The van der Waals surface area contributed by atoms with Crippen molar-refractivity contribution < 1.29 is 18.8 Å². The molecule has 0 aromatic heterocycles. The van der Waals surface area contributed by atoms with Crippen LogP contribution >= 0.6 is 0 Å². The van der Waals surface area contributed by atoms with Gasteiger partial charge in [0.2, 0.25) is 0 Å². The summed E-state index contributed by atoms with van der Waals surface area (Å²) >= 11 is 0. The second-order valence-electron chi connectivity index (χ2n) is 6.98. The lowest BCUT2D eigenvalue weighted by Crippen LogP contribution is -2.50. The van der Waals surface area contributed by atoms with E-state index >= 15 is 0 Å². The molecule has 4 nitrogen and oxygen atoms in total. The molecule has 0 radical (unpaired) electrons. The second kappa shape index (κ2) is 5.36. The Morgan fingerprint density at radius 2 is 1.95 bits per heavy atom. The van der Waals surface area contributed by atoms with E-state index in [0.29, 0.717) is 6.42 Å². The molecule has 0 bridgehead atoms. The Kier molecular flexibility index (Phi) is 4.62. The first kappa shape index (κ1) is 16.4. The minimum absolute atomic E-state index is 0.0139. The monoisotopic (exact) mass is 286 g/mol. The molecule has 1 aliphatic heterocycles. The zero-order chi connectivity index (χ0) is 15.0. The van der Waals surface area contributed by atoms with E-state index in [9.17, 15) is 9.59 Å². The van der Waals surface area contributed by atoms with E-state index in [4.69, 9.17) is 9.16 Å². The van der Waals surface area contributed by atoms with Gasteiger partial charge in [0.05, 0.1) is 5.92 Å². The van der Waals surface area contributed by atoms with Crippen LogP contribution in [0.3, 0.4) is 0 Å². The van der Waals surface area contributed by atoms with Crippen LogP contribution in [0, 0.1) is 5.92 Å². The van der Waals surface area contributed by atoms with Gasteiger partial charge in [-0.2, -0.15) is 0 Å². The van der Waals surface area contributed by atoms with Crippen LogP contribution in [0.2, 0.25) is 18.1 Å². The number of rotatable bonds is 5. The van der Waals surface area contributed by atoms with Gasteiger partial charge < -0.3 is 9.16 Å². The lowest BCUT2D eigenvalue weighted by atomic mass is 9.93. The van der Waals surface area contributed by atoms with Gasteiger partial charge in [-0.25, -0.2) is 0 Å². The molecule has 0 amide bonds. The molecular weight excluding hydrogens is 260 g/mol. The Morgan fingerprint density at radius 3 is 2.26 bits per heavy atom. The van der Waals surface area contributed by atoms with E-state index < -0.39 is 14.4 Å². The molecule has 3 atom stereocenters. The van der Waals surface area contributed by atoms with E-state index in [2.05, 4.69) is 33.9 Å². The molecule has 0 aromatic rings. The van der Waals surface area contributed by atoms with Crippen LogP contribution in [0.25, 0.3) is 0 Å². The average Bonchev–Trinajstić information content (AvgIpc) is 2.24. The molecule has 0 spiro atoms. The van der Waals surface area contributed by atoms with E-state index in [1.54, 1.807) is 6.92 Å². The summed E-state index contributed by atoms with van der Waals surface area (Å²) in [5, 5.41) is 0.0581. The molecule has 0 saturated carbocycles. The van der Waals surface area contributed by atoms with E-state index in [0.717, 1.165) is 0 Å². The van der Waals surface area contributed by atoms with Crippen LogP contribution in [0.5, 0.6) is 0 Å². The molecule has 0 aromatic carbocycles. The van der Waals surface area contributed by atoms with Crippen molar-refractivity contribution in [2.24, 2.45) is 5.92 Å². The summed E-state index contributed by atoms with van der Waals surface area (Å²) in [5.74, 6) is -0.288. The summed E-state index contributed by atoms with van der Waals surface area (Å²) in [7, 11) is -1.99. The molecule has 0 N–H and O–H groups in total. The van der Waals surface area contributed by atoms with Gasteiger partial charge in [0, 0.05) is 6.42 Å². The van der Waals surface area contributed by atoms with Crippen LogP contribution in [0.1, 0.15) is 41.0 Å². The smallest absolute Gasteiger partial charge is 0.312 e. The number of esters is 1. The first-order valence-corrected chi connectivity index (χ1v) is 9.75. The maximum atomic E-state index is 11.8. The largest absolute Gasteiger partial charge is 0.461 e. The maximum Gasteiger partial charge on any atom is 0.312 e. The van der Waals surface area contributed by atoms with Crippen molar-refractivity contribution in [2.45, 2.75) is 71.4 Å². The van der Waals surface area contributed by atoms with Gasteiger partial charge in [-0.15, -0.1) is 0 Å². The van der Waals surface area contributed by atoms with E-state index in [-0.39, 0.29) is 28.8 Å². The normalized spacial score (nSPS) is 25.5. The molecule has 1 saturated heterocycles. The van der Waals surface area contributed by atoms with Gasteiger partial charge in [-0.1, -0.05) is 20.8 Å². The number of cyclic esters (lactones) is 1. The highest BCUT2D eigenvalue weighted by Crippen LogP contribution is 2.38. The number of hydrogen-bond acceptors (Lipinski definition) is 4. The van der Waals surface area contributed by atoms with Gasteiger partial charge in [0.15, 0.2) is 14.1 Å². The molecule has 1 fully saturated rings. The number of Topliss-reactive ketones (excluding diaryl/α,β-unsaturated/α-hetero) is 1. The van der Waals surface area contributed by atoms with Crippen LogP contribution in [-0.2, 0) is 18.8 Å². The van der Waals surface area contributed by atoms with Crippen molar-refractivity contribution in [3.8, 4) is 0 Å². The van der Waals surface area contributed by atoms with Gasteiger partial charge in [-0.3, -0.25) is 9.59 Å². The highest BCUT2D eigenvalue weighted by molar-refractivity contribution is 6.74. The van der Waals surface area contributed by atoms with Crippen molar-refractivity contribution in [3.63, 3.8) is 0 Å². The Hall–Kier alpha value is -0.683. The zero-order valence-corrected chi connectivity index (χ0v) is 14.1. The highest BCUT2D eigenvalue weighted by Gasteiger charge is 2.44. The fourth-order valence-electron chi connectivity index (χ4n) is 1.73. The van der Waals surface area contributed by atoms with Gasteiger partial charge >= 0.3 is 5.97 Å². The number of ether oxygens (including phenoxy) is 1. The topological polar surface area (TPSA) is 52.6 Å². The lowest BCUT2D eigenvalue weighted by molar-refractivity contribution is -0.185. The third-order valence-electron chi connectivity index (χ3n) is 4.34.